The van der Waals surface area contributed by atoms with Crippen LogP contribution in [-0.2, 0) is 19.1 Å². The van der Waals surface area contributed by atoms with E-state index >= 15 is 0 Å². The normalized spacial score (nSPS) is 14.6. The number of ether oxygens (including phenoxy) is 5. The average molecular weight is 501 g/mol. The van der Waals surface area contributed by atoms with Gasteiger partial charge >= 0.3 is 5.97 Å². The molecule has 3 amide bonds. The first-order valence-corrected chi connectivity index (χ1v) is 10.8. The predicted molar refractivity (Wildman–Crippen MR) is 126 cm³/mol. The van der Waals surface area contributed by atoms with E-state index in [4.69, 9.17) is 23.7 Å². The fourth-order valence-electron chi connectivity index (χ4n) is 3.44. The lowest BCUT2D eigenvalue weighted by atomic mass is 10.1. The summed E-state index contributed by atoms with van der Waals surface area (Å²) in [6, 6.07) is 9.40. The van der Waals surface area contributed by atoms with E-state index in [0.29, 0.717) is 28.7 Å². The van der Waals surface area contributed by atoms with Gasteiger partial charge in [0, 0.05) is 24.1 Å². The molecule has 2 aromatic carbocycles. The number of methoxy groups -OCH3 is 4. The molecule has 0 spiro atoms. The molecule has 1 fully saturated rings. The Hall–Kier alpha value is -4.48. The van der Waals surface area contributed by atoms with Crippen LogP contribution < -0.4 is 29.7 Å². The third kappa shape index (κ3) is 6.34. The molecule has 1 saturated heterocycles. The zero-order valence-corrected chi connectivity index (χ0v) is 20.3. The maximum absolute atomic E-state index is 12.6. The minimum absolute atomic E-state index is 0.0988. The summed E-state index contributed by atoms with van der Waals surface area (Å²) >= 11 is 0. The monoisotopic (exact) mass is 501 g/mol. The van der Waals surface area contributed by atoms with E-state index in [1.807, 2.05) is 0 Å². The molecule has 12 heteroatoms. The van der Waals surface area contributed by atoms with Crippen molar-refractivity contribution < 1.29 is 42.9 Å². The van der Waals surface area contributed by atoms with E-state index in [-0.39, 0.29) is 18.5 Å². The van der Waals surface area contributed by atoms with Gasteiger partial charge in [-0.3, -0.25) is 29.6 Å². The molecular formula is C24H27N3O9. The average Bonchev–Trinajstić information content (AvgIpc) is 3.26. The molecule has 0 radical (unpaired) electrons. The van der Waals surface area contributed by atoms with Gasteiger partial charge in [-0.05, 0) is 24.3 Å². The number of carbonyl (C=O) groups is 4. The summed E-state index contributed by atoms with van der Waals surface area (Å²) in [4.78, 5) is 49.7. The summed E-state index contributed by atoms with van der Waals surface area (Å²) in [5.74, 6) is -1.50. The van der Waals surface area contributed by atoms with Gasteiger partial charge in [0.15, 0.2) is 6.61 Å². The Morgan fingerprint density at radius 1 is 0.917 bits per heavy atom. The third-order valence-electron chi connectivity index (χ3n) is 5.34. The molecule has 192 valence electrons. The zero-order valence-electron chi connectivity index (χ0n) is 20.3. The SMILES string of the molecule is COc1cc(OC)cc(C(=O)NN2C[C@H](C(=O)OCC(=O)Nc3ccc(OC)cc3OC)CC2=O)c1. The molecule has 12 nitrogen and oxygen atoms in total. The number of hydrazine groups is 1. The number of anilines is 1. The van der Waals surface area contributed by atoms with Gasteiger partial charge in [-0.1, -0.05) is 0 Å². The van der Waals surface area contributed by atoms with E-state index in [2.05, 4.69) is 10.7 Å². The summed E-state index contributed by atoms with van der Waals surface area (Å²) in [6.45, 7) is -0.660. The molecule has 2 N–H and O–H groups in total. The second kappa shape index (κ2) is 11.8. The lowest BCUT2D eigenvalue weighted by Crippen LogP contribution is -2.43. The standard InChI is InChI=1S/C24H27N3O9/c1-32-16-5-6-19(20(11-16)35-4)25-21(28)13-36-24(31)15-9-22(29)27(12-15)26-23(30)14-7-17(33-2)10-18(8-14)34-3/h5-8,10-11,15H,9,12-13H2,1-4H3,(H,25,28)(H,26,30)/t15-/m1/s1. The Labute approximate surface area is 207 Å². The summed E-state index contributed by atoms with van der Waals surface area (Å²) in [5.41, 5.74) is 3.05. The van der Waals surface area contributed by atoms with Gasteiger partial charge in [0.1, 0.15) is 23.0 Å². The number of carbonyl (C=O) groups excluding carboxylic acids is 4. The lowest BCUT2D eigenvalue weighted by molar-refractivity contribution is -0.151. The Bertz CT molecular complexity index is 1130. The van der Waals surface area contributed by atoms with E-state index in [1.165, 1.54) is 40.6 Å². The fourth-order valence-corrected chi connectivity index (χ4v) is 3.44. The highest BCUT2D eigenvalue weighted by Gasteiger charge is 2.37. The minimum Gasteiger partial charge on any atom is -0.497 e. The smallest absolute Gasteiger partial charge is 0.311 e. The quantitative estimate of drug-likeness (QED) is 0.462. The number of hydrogen-bond acceptors (Lipinski definition) is 9. The number of benzene rings is 2. The number of nitrogens with one attached hydrogen (secondary N) is 2. The highest BCUT2D eigenvalue weighted by atomic mass is 16.5. The maximum atomic E-state index is 12.6. The predicted octanol–water partition coefficient (Wildman–Crippen LogP) is 1.40. The van der Waals surface area contributed by atoms with Crippen LogP contribution in [-0.4, -0.2) is 70.3 Å². The lowest BCUT2D eigenvalue weighted by Gasteiger charge is -2.18. The van der Waals surface area contributed by atoms with Crippen molar-refractivity contribution in [1.29, 1.82) is 0 Å². The molecule has 36 heavy (non-hydrogen) atoms. The molecule has 1 heterocycles. The molecule has 1 atom stereocenters. The first kappa shape index (κ1) is 26.1. The van der Waals surface area contributed by atoms with Crippen LogP contribution in [0.5, 0.6) is 23.0 Å². The number of esters is 1. The number of amides is 3. The molecular weight excluding hydrogens is 474 g/mol. The second-order valence-electron chi connectivity index (χ2n) is 7.67. The molecule has 0 aromatic heterocycles. The molecule has 0 unspecified atom stereocenters. The van der Waals surface area contributed by atoms with Crippen LogP contribution >= 0.6 is 0 Å². The minimum atomic E-state index is -0.846. The van der Waals surface area contributed by atoms with Crippen molar-refractivity contribution >= 4 is 29.4 Å². The molecule has 0 saturated carbocycles. The van der Waals surface area contributed by atoms with E-state index in [1.54, 1.807) is 24.3 Å². The van der Waals surface area contributed by atoms with Crippen molar-refractivity contribution in [1.82, 2.24) is 10.4 Å². The Balaban J connectivity index is 1.53. The van der Waals surface area contributed by atoms with Crippen LogP contribution in [0.15, 0.2) is 36.4 Å². The van der Waals surface area contributed by atoms with Crippen LogP contribution in [0.3, 0.4) is 0 Å². The number of rotatable bonds is 10. The Morgan fingerprint density at radius 3 is 2.19 bits per heavy atom. The first-order chi connectivity index (χ1) is 17.3. The third-order valence-corrected chi connectivity index (χ3v) is 5.34. The van der Waals surface area contributed by atoms with E-state index < -0.39 is 36.2 Å². The van der Waals surface area contributed by atoms with Crippen molar-refractivity contribution in [2.24, 2.45) is 5.92 Å². The highest BCUT2D eigenvalue weighted by Crippen LogP contribution is 2.29. The van der Waals surface area contributed by atoms with Crippen molar-refractivity contribution in [3.63, 3.8) is 0 Å². The first-order valence-electron chi connectivity index (χ1n) is 10.8. The maximum Gasteiger partial charge on any atom is 0.311 e. The van der Waals surface area contributed by atoms with Crippen molar-refractivity contribution in [3.8, 4) is 23.0 Å². The summed E-state index contributed by atoms with van der Waals surface area (Å²) in [7, 11) is 5.84. The van der Waals surface area contributed by atoms with Crippen LogP contribution in [0.4, 0.5) is 5.69 Å². The number of nitrogens with zero attached hydrogens (tertiary/aromatic N) is 1. The summed E-state index contributed by atoms with van der Waals surface area (Å²) in [6.07, 6.45) is -0.172. The van der Waals surface area contributed by atoms with Crippen molar-refractivity contribution in [2.45, 2.75) is 6.42 Å². The van der Waals surface area contributed by atoms with E-state index in [0.717, 1.165) is 5.01 Å². The van der Waals surface area contributed by atoms with E-state index in [9.17, 15) is 19.2 Å². The molecule has 1 aliphatic rings. The second-order valence-corrected chi connectivity index (χ2v) is 7.67. The van der Waals surface area contributed by atoms with Crippen LogP contribution in [0, 0.1) is 5.92 Å². The summed E-state index contributed by atoms with van der Waals surface area (Å²) < 4.78 is 25.7. The summed E-state index contributed by atoms with van der Waals surface area (Å²) in [5, 5.41) is 3.63. The van der Waals surface area contributed by atoms with Crippen LogP contribution in [0.1, 0.15) is 16.8 Å². The number of hydrogen-bond donors (Lipinski definition) is 2. The van der Waals surface area contributed by atoms with Gasteiger partial charge in [-0.2, -0.15) is 0 Å². The molecule has 0 aliphatic carbocycles. The van der Waals surface area contributed by atoms with Gasteiger partial charge < -0.3 is 29.0 Å². The fraction of sp³-hybridized carbons (Fsp3) is 0.333. The molecule has 1 aliphatic heterocycles. The van der Waals surface area contributed by atoms with Crippen molar-refractivity contribution in [2.75, 3.05) is 46.9 Å². The largest absolute Gasteiger partial charge is 0.497 e. The topological polar surface area (TPSA) is 142 Å². The zero-order chi connectivity index (χ0) is 26.2. The molecule has 2 aromatic rings. The van der Waals surface area contributed by atoms with Crippen molar-refractivity contribution in [3.05, 3.63) is 42.0 Å². The Morgan fingerprint density at radius 2 is 1.58 bits per heavy atom. The van der Waals surface area contributed by atoms with Gasteiger partial charge in [-0.15, -0.1) is 0 Å². The van der Waals surface area contributed by atoms with Gasteiger partial charge in [0.05, 0.1) is 46.6 Å². The van der Waals surface area contributed by atoms with Crippen LogP contribution in [0.2, 0.25) is 0 Å². The Kier molecular flexibility index (Phi) is 8.55. The highest BCUT2D eigenvalue weighted by molar-refractivity contribution is 5.97. The molecule has 0 bridgehead atoms. The molecule has 3 rings (SSSR count). The van der Waals surface area contributed by atoms with Gasteiger partial charge in [0.2, 0.25) is 5.91 Å². The van der Waals surface area contributed by atoms with Crippen LogP contribution in [0.25, 0.3) is 0 Å². The van der Waals surface area contributed by atoms with Gasteiger partial charge in [0.25, 0.3) is 11.8 Å². The van der Waals surface area contributed by atoms with Gasteiger partial charge in [-0.25, -0.2) is 0 Å².